The van der Waals surface area contributed by atoms with E-state index in [9.17, 15) is 9.90 Å². The predicted molar refractivity (Wildman–Crippen MR) is 89.6 cm³/mol. The van der Waals surface area contributed by atoms with Gasteiger partial charge in [0.05, 0.1) is 6.61 Å². The van der Waals surface area contributed by atoms with Crippen LogP contribution in [0.4, 0.5) is 0 Å². The lowest BCUT2D eigenvalue weighted by Gasteiger charge is -2.24. The molecule has 0 saturated heterocycles. The second-order valence-electron chi connectivity index (χ2n) is 5.41. The summed E-state index contributed by atoms with van der Waals surface area (Å²) in [5, 5.41) is 10.1. The molecule has 2 aromatic carbocycles. The second-order valence-corrected chi connectivity index (χ2v) is 5.41. The van der Waals surface area contributed by atoms with Gasteiger partial charge in [0.25, 0.3) is 0 Å². The lowest BCUT2D eigenvalue weighted by Crippen LogP contribution is -2.37. The maximum absolute atomic E-state index is 11.7. The predicted octanol–water partition coefficient (Wildman–Crippen LogP) is 2.61. The van der Waals surface area contributed by atoms with Crippen molar-refractivity contribution in [1.29, 1.82) is 0 Å². The Labute approximate surface area is 137 Å². The highest BCUT2D eigenvalue weighted by atomic mass is 16.5. The molecular weight excluding hydrogens is 290 g/mol. The zero-order chi connectivity index (χ0) is 16.5. The summed E-state index contributed by atoms with van der Waals surface area (Å²) in [6.45, 7) is 3.56. The SMILES string of the molecule is CCOC(=O)[C@H](O)CN(Cc1ccccc1)Cc1ccccc1. The molecule has 0 aromatic heterocycles. The molecule has 0 amide bonds. The van der Waals surface area contributed by atoms with Gasteiger partial charge in [-0.15, -0.1) is 0 Å². The quantitative estimate of drug-likeness (QED) is 0.761. The highest BCUT2D eigenvalue weighted by Crippen LogP contribution is 2.11. The summed E-state index contributed by atoms with van der Waals surface area (Å²) in [5.74, 6) is -0.571. The summed E-state index contributed by atoms with van der Waals surface area (Å²) in [5.41, 5.74) is 2.28. The van der Waals surface area contributed by atoms with Crippen LogP contribution in [0.2, 0.25) is 0 Å². The highest BCUT2D eigenvalue weighted by Gasteiger charge is 2.20. The molecule has 4 heteroatoms. The number of carbonyl (C=O) groups excluding carboxylic acids is 1. The van der Waals surface area contributed by atoms with Crippen LogP contribution in [0.1, 0.15) is 18.1 Å². The molecule has 0 aliphatic heterocycles. The van der Waals surface area contributed by atoms with E-state index in [4.69, 9.17) is 4.74 Å². The number of aliphatic hydroxyl groups is 1. The third-order valence-electron chi connectivity index (χ3n) is 3.49. The minimum Gasteiger partial charge on any atom is -0.464 e. The van der Waals surface area contributed by atoms with E-state index in [0.717, 1.165) is 11.1 Å². The van der Waals surface area contributed by atoms with Gasteiger partial charge >= 0.3 is 5.97 Å². The third kappa shape index (κ3) is 5.85. The molecule has 0 aliphatic carbocycles. The van der Waals surface area contributed by atoms with E-state index in [1.807, 2.05) is 65.6 Å². The third-order valence-corrected chi connectivity index (χ3v) is 3.49. The molecule has 122 valence electrons. The van der Waals surface area contributed by atoms with Crippen molar-refractivity contribution in [2.75, 3.05) is 13.2 Å². The molecule has 0 saturated carbocycles. The number of hydrogen-bond acceptors (Lipinski definition) is 4. The molecule has 2 aromatic rings. The standard InChI is InChI=1S/C19H23NO3/c1-2-23-19(22)18(21)15-20(13-16-9-5-3-6-10-16)14-17-11-7-4-8-12-17/h3-12,18,21H,2,13-15H2,1H3/t18-/m1/s1. The summed E-state index contributed by atoms with van der Waals surface area (Å²) in [4.78, 5) is 13.7. The van der Waals surface area contributed by atoms with E-state index in [0.29, 0.717) is 13.1 Å². The van der Waals surface area contributed by atoms with E-state index in [1.54, 1.807) is 6.92 Å². The fraction of sp³-hybridized carbons (Fsp3) is 0.316. The first-order valence-electron chi connectivity index (χ1n) is 7.84. The van der Waals surface area contributed by atoms with Crippen molar-refractivity contribution in [3.63, 3.8) is 0 Å². The summed E-state index contributed by atoms with van der Waals surface area (Å²) < 4.78 is 4.89. The van der Waals surface area contributed by atoms with E-state index in [1.165, 1.54) is 0 Å². The van der Waals surface area contributed by atoms with Crippen LogP contribution in [0.15, 0.2) is 60.7 Å². The van der Waals surface area contributed by atoms with Gasteiger partial charge in [0.2, 0.25) is 0 Å². The van der Waals surface area contributed by atoms with Gasteiger partial charge in [0, 0.05) is 19.6 Å². The summed E-state index contributed by atoms with van der Waals surface area (Å²) in [7, 11) is 0. The zero-order valence-electron chi connectivity index (χ0n) is 13.4. The van der Waals surface area contributed by atoms with Crippen LogP contribution >= 0.6 is 0 Å². The van der Waals surface area contributed by atoms with Crippen molar-refractivity contribution in [2.24, 2.45) is 0 Å². The van der Waals surface area contributed by atoms with Crippen LogP contribution < -0.4 is 0 Å². The minimum atomic E-state index is -1.14. The molecule has 0 spiro atoms. The molecule has 0 unspecified atom stereocenters. The minimum absolute atomic E-state index is 0.239. The average Bonchev–Trinajstić information content (AvgIpc) is 2.57. The topological polar surface area (TPSA) is 49.8 Å². The maximum atomic E-state index is 11.7. The van der Waals surface area contributed by atoms with Crippen molar-refractivity contribution in [1.82, 2.24) is 4.90 Å². The Balaban J connectivity index is 2.06. The molecule has 2 rings (SSSR count). The van der Waals surface area contributed by atoms with Gasteiger partial charge in [-0.3, -0.25) is 4.90 Å². The first kappa shape index (κ1) is 17.2. The van der Waals surface area contributed by atoms with Gasteiger partial charge < -0.3 is 9.84 Å². The fourth-order valence-corrected chi connectivity index (χ4v) is 2.43. The van der Waals surface area contributed by atoms with Gasteiger partial charge in [-0.05, 0) is 18.1 Å². The number of ether oxygens (including phenoxy) is 1. The number of carbonyl (C=O) groups is 1. The van der Waals surface area contributed by atoms with Crippen LogP contribution in [0.5, 0.6) is 0 Å². The summed E-state index contributed by atoms with van der Waals surface area (Å²) in [6.07, 6.45) is -1.14. The smallest absolute Gasteiger partial charge is 0.336 e. The Hall–Kier alpha value is -2.17. The first-order chi connectivity index (χ1) is 11.2. The molecule has 0 bridgehead atoms. The van der Waals surface area contributed by atoms with E-state index in [-0.39, 0.29) is 13.2 Å². The molecule has 0 heterocycles. The van der Waals surface area contributed by atoms with Gasteiger partial charge in [0.15, 0.2) is 6.10 Å². The lowest BCUT2D eigenvalue weighted by atomic mass is 10.1. The molecule has 4 nitrogen and oxygen atoms in total. The first-order valence-corrected chi connectivity index (χ1v) is 7.84. The van der Waals surface area contributed by atoms with Crippen LogP contribution in [-0.4, -0.2) is 35.2 Å². The number of aliphatic hydroxyl groups excluding tert-OH is 1. The van der Waals surface area contributed by atoms with Crippen LogP contribution in [-0.2, 0) is 22.6 Å². The number of hydrogen-bond donors (Lipinski definition) is 1. The van der Waals surface area contributed by atoms with Crippen LogP contribution in [0, 0.1) is 0 Å². The largest absolute Gasteiger partial charge is 0.464 e. The van der Waals surface area contributed by atoms with Crippen molar-refractivity contribution in [2.45, 2.75) is 26.1 Å². The highest BCUT2D eigenvalue weighted by molar-refractivity contribution is 5.74. The van der Waals surface area contributed by atoms with E-state index >= 15 is 0 Å². The molecular formula is C19H23NO3. The average molecular weight is 313 g/mol. The number of rotatable bonds is 8. The van der Waals surface area contributed by atoms with Crippen molar-refractivity contribution in [3.8, 4) is 0 Å². The van der Waals surface area contributed by atoms with Crippen molar-refractivity contribution in [3.05, 3.63) is 71.8 Å². The number of benzene rings is 2. The number of nitrogens with zero attached hydrogens (tertiary/aromatic N) is 1. The second kappa shape index (κ2) is 9.08. The van der Waals surface area contributed by atoms with Crippen molar-refractivity contribution < 1.29 is 14.6 Å². The van der Waals surface area contributed by atoms with Gasteiger partial charge in [0.1, 0.15) is 0 Å². The molecule has 0 aliphatic rings. The fourth-order valence-electron chi connectivity index (χ4n) is 2.43. The molecule has 0 radical (unpaired) electrons. The molecule has 1 N–H and O–H groups in total. The van der Waals surface area contributed by atoms with Gasteiger partial charge in [-0.25, -0.2) is 4.79 Å². The Morgan fingerprint density at radius 1 is 1.00 bits per heavy atom. The van der Waals surface area contributed by atoms with Crippen LogP contribution in [0.25, 0.3) is 0 Å². The van der Waals surface area contributed by atoms with E-state index < -0.39 is 12.1 Å². The summed E-state index contributed by atoms with van der Waals surface area (Å²) in [6, 6.07) is 20.0. The molecule has 23 heavy (non-hydrogen) atoms. The summed E-state index contributed by atoms with van der Waals surface area (Å²) >= 11 is 0. The van der Waals surface area contributed by atoms with Crippen molar-refractivity contribution >= 4 is 5.97 Å². The maximum Gasteiger partial charge on any atom is 0.336 e. The monoisotopic (exact) mass is 313 g/mol. The number of esters is 1. The molecule has 1 atom stereocenters. The zero-order valence-corrected chi connectivity index (χ0v) is 13.4. The Bertz CT molecular complexity index is 545. The van der Waals surface area contributed by atoms with Gasteiger partial charge in [-0.1, -0.05) is 60.7 Å². The Morgan fingerprint density at radius 3 is 1.91 bits per heavy atom. The Morgan fingerprint density at radius 2 is 1.48 bits per heavy atom. The van der Waals surface area contributed by atoms with Gasteiger partial charge in [-0.2, -0.15) is 0 Å². The lowest BCUT2D eigenvalue weighted by molar-refractivity contribution is -0.154. The van der Waals surface area contributed by atoms with Crippen LogP contribution in [0.3, 0.4) is 0 Å². The molecule has 0 fully saturated rings. The van der Waals surface area contributed by atoms with E-state index in [2.05, 4.69) is 0 Å². The normalized spacial score (nSPS) is 12.1. The Kier molecular flexibility index (Phi) is 6.78.